The first-order valence-electron chi connectivity index (χ1n) is 9.07. The Labute approximate surface area is 159 Å². The zero-order chi connectivity index (χ0) is 19.2. The molecule has 27 heavy (non-hydrogen) atoms. The van der Waals surface area contributed by atoms with Gasteiger partial charge in [-0.1, -0.05) is 24.3 Å². The first kappa shape index (κ1) is 19.0. The number of piperazine rings is 1. The van der Waals surface area contributed by atoms with Gasteiger partial charge in [0.1, 0.15) is 5.82 Å². The molecule has 5 nitrogen and oxygen atoms in total. The molecule has 2 aromatic rings. The quantitative estimate of drug-likeness (QED) is 0.705. The van der Waals surface area contributed by atoms with E-state index >= 15 is 0 Å². The van der Waals surface area contributed by atoms with Crippen LogP contribution in [0.4, 0.5) is 10.1 Å². The third-order valence-corrected chi connectivity index (χ3v) is 4.98. The molecule has 1 fully saturated rings. The zero-order valence-electron chi connectivity index (χ0n) is 15.5. The fourth-order valence-electron chi connectivity index (χ4n) is 3.40. The molecule has 2 aromatic carbocycles. The highest BCUT2D eigenvalue weighted by atomic mass is 19.1. The standard InChI is InChI=1S/C21H24FN3O2/c1-17-11-18(13-23-7-9-24(15-26)10-8-23)12-21(22)20(17)14-25(16-27)19-5-3-2-4-6-19/h2-6,11-12,15-16H,7-10,13-14H2,1H3. The Bertz CT molecular complexity index is 766. The summed E-state index contributed by atoms with van der Waals surface area (Å²) in [6.07, 6.45) is 1.61. The molecule has 2 amide bonds. The maximum atomic E-state index is 14.8. The number of para-hydroxylation sites is 1. The maximum Gasteiger partial charge on any atom is 0.214 e. The molecule has 0 bridgehead atoms. The van der Waals surface area contributed by atoms with Gasteiger partial charge in [-0.05, 0) is 36.2 Å². The number of aryl methyl sites for hydroxylation is 1. The lowest BCUT2D eigenvalue weighted by atomic mass is 10.0. The lowest BCUT2D eigenvalue weighted by Crippen LogP contribution is -2.45. The Kier molecular flexibility index (Phi) is 6.19. The minimum absolute atomic E-state index is 0.198. The first-order valence-corrected chi connectivity index (χ1v) is 9.07. The van der Waals surface area contributed by atoms with Crippen LogP contribution >= 0.6 is 0 Å². The molecule has 1 saturated heterocycles. The van der Waals surface area contributed by atoms with Gasteiger partial charge in [0.15, 0.2) is 0 Å². The van der Waals surface area contributed by atoms with E-state index in [0.717, 1.165) is 42.7 Å². The van der Waals surface area contributed by atoms with Gasteiger partial charge in [-0.25, -0.2) is 4.39 Å². The second kappa shape index (κ2) is 8.77. The van der Waals surface area contributed by atoms with Gasteiger partial charge in [-0.2, -0.15) is 0 Å². The number of nitrogens with zero attached hydrogens (tertiary/aromatic N) is 3. The lowest BCUT2D eigenvalue weighted by Gasteiger charge is -2.32. The first-order chi connectivity index (χ1) is 13.1. The second-order valence-electron chi connectivity index (χ2n) is 6.86. The summed E-state index contributed by atoms with van der Waals surface area (Å²) < 4.78 is 14.8. The number of hydrogen-bond acceptors (Lipinski definition) is 3. The van der Waals surface area contributed by atoms with Gasteiger partial charge in [0, 0.05) is 44.0 Å². The van der Waals surface area contributed by atoms with Crippen molar-refractivity contribution in [3.63, 3.8) is 0 Å². The minimum Gasteiger partial charge on any atom is -0.343 e. The van der Waals surface area contributed by atoms with Crippen LogP contribution in [0.5, 0.6) is 0 Å². The van der Waals surface area contributed by atoms with Crippen LogP contribution in [0, 0.1) is 12.7 Å². The number of carbonyl (C=O) groups is 2. The van der Waals surface area contributed by atoms with Crippen LogP contribution in [-0.2, 0) is 22.7 Å². The normalized spacial score (nSPS) is 14.8. The van der Waals surface area contributed by atoms with Crippen molar-refractivity contribution in [1.82, 2.24) is 9.80 Å². The topological polar surface area (TPSA) is 43.9 Å². The third-order valence-electron chi connectivity index (χ3n) is 4.98. The number of hydrogen-bond donors (Lipinski definition) is 0. The molecule has 142 valence electrons. The van der Waals surface area contributed by atoms with Crippen molar-refractivity contribution in [2.75, 3.05) is 31.1 Å². The van der Waals surface area contributed by atoms with Crippen LogP contribution in [0.2, 0.25) is 0 Å². The molecule has 0 aromatic heterocycles. The van der Waals surface area contributed by atoms with Gasteiger partial charge in [0.2, 0.25) is 12.8 Å². The van der Waals surface area contributed by atoms with E-state index in [9.17, 15) is 14.0 Å². The van der Waals surface area contributed by atoms with Crippen molar-refractivity contribution in [3.05, 3.63) is 65.0 Å². The number of halogens is 1. The van der Waals surface area contributed by atoms with Gasteiger partial charge in [-0.3, -0.25) is 14.5 Å². The predicted octanol–water partition coefficient (Wildman–Crippen LogP) is 2.57. The van der Waals surface area contributed by atoms with E-state index in [2.05, 4.69) is 4.90 Å². The monoisotopic (exact) mass is 369 g/mol. The summed E-state index contributed by atoms with van der Waals surface area (Å²) >= 11 is 0. The maximum absolute atomic E-state index is 14.8. The number of anilines is 1. The summed E-state index contributed by atoms with van der Waals surface area (Å²) in [5.41, 5.74) is 3.01. The Morgan fingerprint density at radius 1 is 1.07 bits per heavy atom. The number of amides is 2. The Morgan fingerprint density at radius 2 is 1.78 bits per heavy atom. The Morgan fingerprint density at radius 3 is 2.37 bits per heavy atom. The SMILES string of the molecule is Cc1cc(CN2CCN(C=O)CC2)cc(F)c1CN(C=O)c1ccccc1. The third kappa shape index (κ3) is 4.71. The van der Waals surface area contributed by atoms with Crippen LogP contribution in [0.15, 0.2) is 42.5 Å². The predicted molar refractivity (Wildman–Crippen MR) is 103 cm³/mol. The molecule has 0 atom stereocenters. The van der Waals surface area contributed by atoms with Crippen molar-refractivity contribution >= 4 is 18.5 Å². The van der Waals surface area contributed by atoms with Gasteiger partial charge in [0.25, 0.3) is 0 Å². The molecule has 6 heteroatoms. The van der Waals surface area contributed by atoms with E-state index in [1.165, 1.54) is 4.90 Å². The minimum atomic E-state index is -0.292. The highest BCUT2D eigenvalue weighted by molar-refractivity contribution is 5.75. The highest BCUT2D eigenvalue weighted by Gasteiger charge is 2.18. The van der Waals surface area contributed by atoms with E-state index in [1.807, 2.05) is 43.3 Å². The van der Waals surface area contributed by atoms with Gasteiger partial charge >= 0.3 is 0 Å². The summed E-state index contributed by atoms with van der Waals surface area (Å²) in [4.78, 5) is 27.8. The van der Waals surface area contributed by atoms with Crippen LogP contribution in [-0.4, -0.2) is 48.8 Å². The van der Waals surface area contributed by atoms with Gasteiger partial charge in [0.05, 0.1) is 6.54 Å². The molecule has 0 spiro atoms. The molecule has 0 aliphatic carbocycles. The number of carbonyl (C=O) groups excluding carboxylic acids is 2. The van der Waals surface area contributed by atoms with Crippen molar-refractivity contribution < 1.29 is 14.0 Å². The Hall–Kier alpha value is -2.73. The summed E-state index contributed by atoms with van der Waals surface area (Å²) in [7, 11) is 0. The highest BCUT2D eigenvalue weighted by Crippen LogP contribution is 2.22. The molecular formula is C21H24FN3O2. The lowest BCUT2D eigenvalue weighted by molar-refractivity contribution is -0.119. The fourth-order valence-corrected chi connectivity index (χ4v) is 3.40. The van der Waals surface area contributed by atoms with Crippen molar-refractivity contribution in [2.24, 2.45) is 0 Å². The molecule has 1 heterocycles. The van der Waals surface area contributed by atoms with E-state index in [0.29, 0.717) is 25.2 Å². The average Bonchev–Trinajstić information content (AvgIpc) is 2.69. The van der Waals surface area contributed by atoms with Gasteiger partial charge in [-0.15, -0.1) is 0 Å². The molecule has 0 unspecified atom stereocenters. The van der Waals surface area contributed by atoms with Crippen molar-refractivity contribution in [1.29, 1.82) is 0 Å². The summed E-state index contributed by atoms with van der Waals surface area (Å²) in [5, 5.41) is 0. The molecule has 0 saturated carbocycles. The van der Waals surface area contributed by atoms with Crippen LogP contribution in [0.25, 0.3) is 0 Å². The van der Waals surface area contributed by atoms with E-state index < -0.39 is 0 Å². The molecular weight excluding hydrogens is 345 g/mol. The van der Waals surface area contributed by atoms with Crippen molar-refractivity contribution in [3.8, 4) is 0 Å². The number of benzene rings is 2. The number of rotatable bonds is 7. The van der Waals surface area contributed by atoms with Gasteiger partial charge < -0.3 is 9.80 Å². The summed E-state index contributed by atoms with van der Waals surface area (Å²) in [6.45, 7) is 5.70. The van der Waals surface area contributed by atoms with Crippen molar-refractivity contribution in [2.45, 2.75) is 20.0 Å². The van der Waals surface area contributed by atoms with Crippen LogP contribution in [0.3, 0.4) is 0 Å². The molecule has 1 aliphatic rings. The molecule has 1 aliphatic heterocycles. The molecule has 0 N–H and O–H groups in total. The molecule has 3 rings (SSSR count). The Balaban J connectivity index is 1.71. The smallest absolute Gasteiger partial charge is 0.214 e. The molecule has 0 radical (unpaired) electrons. The zero-order valence-corrected chi connectivity index (χ0v) is 15.5. The fraction of sp³-hybridized carbons (Fsp3) is 0.333. The summed E-state index contributed by atoms with van der Waals surface area (Å²) in [5.74, 6) is -0.292. The van der Waals surface area contributed by atoms with Crippen LogP contribution < -0.4 is 4.90 Å². The largest absolute Gasteiger partial charge is 0.343 e. The van der Waals surface area contributed by atoms with E-state index in [4.69, 9.17) is 0 Å². The van der Waals surface area contributed by atoms with E-state index in [-0.39, 0.29) is 12.4 Å². The van der Waals surface area contributed by atoms with E-state index in [1.54, 1.807) is 11.0 Å². The second-order valence-corrected chi connectivity index (χ2v) is 6.86. The summed E-state index contributed by atoms with van der Waals surface area (Å²) in [6, 6.07) is 12.8. The van der Waals surface area contributed by atoms with Crippen LogP contribution in [0.1, 0.15) is 16.7 Å². The average molecular weight is 369 g/mol.